The second-order valence-corrected chi connectivity index (χ2v) is 4.69. The summed E-state index contributed by atoms with van der Waals surface area (Å²) in [4.78, 5) is 2.18. The van der Waals surface area contributed by atoms with Crippen molar-refractivity contribution in [2.45, 2.75) is 18.3 Å². The van der Waals surface area contributed by atoms with Crippen LogP contribution in [0.3, 0.4) is 0 Å². The van der Waals surface area contributed by atoms with Crippen LogP contribution >= 0.6 is 0 Å². The number of nitrogens with zero attached hydrogens (tertiary/aromatic N) is 1. The van der Waals surface area contributed by atoms with Crippen LogP contribution in [-0.2, 0) is 9.47 Å². The molecular formula is C14H21NO3. The molecule has 0 aliphatic carbocycles. The summed E-state index contributed by atoms with van der Waals surface area (Å²) < 4.78 is 10.8. The number of likely N-dealkylation sites (tertiary alicyclic amines) is 1. The third-order valence-corrected chi connectivity index (χ3v) is 3.51. The van der Waals surface area contributed by atoms with Crippen molar-refractivity contribution in [2.75, 3.05) is 33.9 Å². The van der Waals surface area contributed by atoms with Crippen molar-refractivity contribution < 1.29 is 14.6 Å². The van der Waals surface area contributed by atoms with Crippen molar-refractivity contribution >= 4 is 0 Å². The minimum absolute atomic E-state index is 0.0953. The zero-order valence-electron chi connectivity index (χ0n) is 11.0. The summed E-state index contributed by atoms with van der Waals surface area (Å²) in [6.07, 6.45) is -0.268. The minimum Gasteiger partial charge on any atom is -0.387 e. The number of aliphatic hydroxyl groups excluding tert-OH is 1. The van der Waals surface area contributed by atoms with Crippen molar-refractivity contribution in [3.8, 4) is 0 Å². The topological polar surface area (TPSA) is 41.9 Å². The summed E-state index contributed by atoms with van der Waals surface area (Å²) in [6, 6.07) is 9.73. The van der Waals surface area contributed by atoms with Gasteiger partial charge >= 0.3 is 0 Å². The van der Waals surface area contributed by atoms with Gasteiger partial charge in [0.15, 0.2) is 0 Å². The molecule has 0 amide bonds. The second kappa shape index (κ2) is 6.29. The fourth-order valence-corrected chi connectivity index (χ4v) is 2.45. The van der Waals surface area contributed by atoms with E-state index >= 15 is 0 Å². The van der Waals surface area contributed by atoms with Gasteiger partial charge in [-0.15, -0.1) is 0 Å². The number of aliphatic hydroxyl groups is 1. The van der Waals surface area contributed by atoms with Gasteiger partial charge in [0.05, 0.1) is 18.3 Å². The molecule has 0 radical (unpaired) electrons. The summed E-state index contributed by atoms with van der Waals surface area (Å²) in [5, 5.41) is 10.2. The molecule has 1 aliphatic heterocycles. The molecule has 1 fully saturated rings. The number of methoxy groups -OCH3 is 2. The van der Waals surface area contributed by atoms with E-state index in [9.17, 15) is 5.11 Å². The lowest BCUT2D eigenvalue weighted by Gasteiger charge is -2.19. The van der Waals surface area contributed by atoms with Gasteiger partial charge in [0.25, 0.3) is 0 Å². The third kappa shape index (κ3) is 3.09. The molecule has 4 nitrogen and oxygen atoms in total. The van der Waals surface area contributed by atoms with Crippen LogP contribution in [0.5, 0.6) is 0 Å². The SMILES string of the molecule is COC1CN(CC(O)c2ccccc2)CC1OC. The maximum absolute atomic E-state index is 10.2. The first kappa shape index (κ1) is 13.5. The first-order chi connectivity index (χ1) is 8.74. The minimum atomic E-state index is -0.459. The molecule has 0 saturated carbocycles. The Bertz CT molecular complexity index is 345. The predicted octanol–water partition coefficient (Wildman–Crippen LogP) is 1.07. The fraction of sp³-hybridized carbons (Fsp3) is 0.571. The molecular weight excluding hydrogens is 230 g/mol. The molecule has 1 aromatic rings. The highest BCUT2D eigenvalue weighted by molar-refractivity contribution is 5.17. The van der Waals surface area contributed by atoms with Crippen molar-refractivity contribution in [1.82, 2.24) is 4.90 Å². The third-order valence-electron chi connectivity index (χ3n) is 3.51. The zero-order valence-corrected chi connectivity index (χ0v) is 11.0. The largest absolute Gasteiger partial charge is 0.387 e. The van der Waals surface area contributed by atoms with Crippen LogP contribution in [-0.4, -0.2) is 56.1 Å². The highest BCUT2D eigenvalue weighted by Gasteiger charge is 2.33. The predicted molar refractivity (Wildman–Crippen MR) is 69.4 cm³/mol. The Morgan fingerprint density at radius 3 is 2.22 bits per heavy atom. The first-order valence-corrected chi connectivity index (χ1v) is 6.25. The van der Waals surface area contributed by atoms with E-state index in [4.69, 9.17) is 9.47 Å². The molecule has 4 heteroatoms. The van der Waals surface area contributed by atoms with E-state index in [1.807, 2.05) is 30.3 Å². The first-order valence-electron chi connectivity index (χ1n) is 6.25. The van der Waals surface area contributed by atoms with Crippen LogP contribution in [0.4, 0.5) is 0 Å². The van der Waals surface area contributed by atoms with Crippen molar-refractivity contribution in [3.05, 3.63) is 35.9 Å². The molecule has 0 bridgehead atoms. The van der Waals surface area contributed by atoms with Gasteiger partial charge < -0.3 is 14.6 Å². The molecule has 0 spiro atoms. The Labute approximate surface area is 108 Å². The second-order valence-electron chi connectivity index (χ2n) is 4.69. The van der Waals surface area contributed by atoms with Crippen LogP contribution in [0.1, 0.15) is 11.7 Å². The van der Waals surface area contributed by atoms with E-state index in [0.29, 0.717) is 6.54 Å². The number of rotatable bonds is 5. The molecule has 2 rings (SSSR count). The Morgan fingerprint density at radius 2 is 1.72 bits per heavy atom. The van der Waals surface area contributed by atoms with Gasteiger partial charge in [0.1, 0.15) is 0 Å². The Hall–Kier alpha value is -0.940. The van der Waals surface area contributed by atoms with Crippen LogP contribution < -0.4 is 0 Å². The van der Waals surface area contributed by atoms with Crippen LogP contribution in [0, 0.1) is 0 Å². The molecule has 3 atom stereocenters. The summed E-state index contributed by atoms with van der Waals surface area (Å²) in [7, 11) is 3.40. The van der Waals surface area contributed by atoms with Crippen LogP contribution in [0.2, 0.25) is 0 Å². The molecule has 100 valence electrons. The normalized spacial score (nSPS) is 26.4. The Kier molecular flexibility index (Phi) is 4.72. The molecule has 18 heavy (non-hydrogen) atoms. The lowest BCUT2D eigenvalue weighted by atomic mass is 10.1. The number of β-amino-alcohol motifs (C(OH)–C–C–N with tert-alkyl or cyclic N) is 1. The Morgan fingerprint density at radius 1 is 1.17 bits per heavy atom. The number of hydrogen-bond donors (Lipinski definition) is 1. The molecule has 3 unspecified atom stereocenters. The van der Waals surface area contributed by atoms with Gasteiger partial charge in [-0.25, -0.2) is 0 Å². The quantitative estimate of drug-likeness (QED) is 0.850. The average molecular weight is 251 g/mol. The van der Waals surface area contributed by atoms with Crippen molar-refractivity contribution in [1.29, 1.82) is 0 Å². The van der Waals surface area contributed by atoms with Gasteiger partial charge in [0.2, 0.25) is 0 Å². The van der Waals surface area contributed by atoms with Crippen LogP contribution in [0.15, 0.2) is 30.3 Å². The summed E-state index contributed by atoms with van der Waals surface area (Å²) >= 11 is 0. The number of ether oxygens (including phenoxy) is 2. The van der Waals surface area contributed by atoms with Gasteiger partial charge in [-0.2, -0.15) is 0 Å². The van der Waals surface area contributed by atoms with E-state index in [1.54, 1.807) is 14.2 Å². The monoisotopic (exact) mass is 251 g/mol. The van der Waals surface area contributed by atoms with E-state index in [0.717, 1.165) is 18.7 Å². The van der Waals surface area contributed by atoms with E-state index < -0.39 is 6.10 Å². The lowest BCUT2D eigenvalue weighted by Crippen LogP contribution is -2.27. The Balaban J connectivity index is 1.91. The maximum atomic E-state index is 10.2. The highest BCUT2D eigenvalue weighted by atomic mass is 16.5. The summed E-state index contributed by atoms with van der Waals surface area (Å²) in [5.74, 6) is 0. The molecule has 1 aromatic carbocycles. The number of benzene rings is 1. The van der Waals surface area contributed by atoms with Crippen molar-refractivity contribution in [3.63, 3.8) is 0 Å². The van der Waals surface area contributed by atoms with E-state index in [2.05, 4.69) is 4.90 Å². The average Bonchev–Trinajstić information content (AvgIpc) is 2.81. The summed E-state index contributed by atoms with van der Waals surface area (Å²) in [5.41, 5.74) is 0.951. The van der Waals surface area contributed by atoms with Crippen LogP contribution in [0.25, 0.3) is 0 Å². The van der Waals surface area contributed by atoms with Gasteiger partial charge in [-0.3, -0.25) is 4.90 Å². The summed E-state index contributed by atoms with van der Waals surface area (Å²) in [6.45, 7) is 2.22. The van der Waals surface area contributed by atoms with E-state index in [1.165, 1.54) is 0 Å². The molecule has 1 heterocycles. The van der Waals surface area contributed by atoms with Crippen molar-refractivity contribution in [2.24, 2.45) is 0 Å². The molecule has 0 aromatic heterocycles. The van der Waals surface area contributed by atoms with Gasteiger partial charge in [-0.1, -0.05) is 30.3 Å². The molecule has 1 aliphatic rings. The van der Waals surface area contributed by atoms with E-state index in [-0.39, 0.29) is 12.2 Å². The smallest absolute Gasteiger partial charge is 0.0971 e. The maximum Gasteiger partial charge on any atom is 0.0971 e. The fourth-order valence-electron chi connectivity index (χ4n) is 2.45. The molecule has 1 saturated heterocycles. The standard InChI is InChI=1S/C14H21NO3/c1-17-13-9-15(10-14(13)18-2)8-12(16)11-6-4-3-5-7-11/h3-7,12-14,16H,8-10H2,1-2H3. The zero-order chi connectivity index (χ0) is 13.0. The van der Waals surface area contributed by atoms with Gasteiger partial charge in [-0.05, 0) is 5.56 Å². The lowest BCUT2D eigenvalue weighted by molar-refractivity contribution is -0.00461. The highest BCUT2D eigenvalue weighted by Crippen LogP contribution is 2.20. The number of hydrogen-bond acceptors (Lipinski definition) is 4. The van der Waals surface area contributed by atoms with Gasteiger partial charge in [0, 0.05) is 33.9 Å². The molecule has 1 N–H and O–H groups in total.